The van der Waals surface area contributed by atoms with Crippen molar-refractivity contribution in [3.63, 3.8) is 0 Å². The Labute approximate surface area is 107 Å². The van der Waals surface area contributed by atoms with Crippen LogP contribution in [0.3, 0.4) is 0 Å². The number of hydrogen-bond donors (Lipinski definition) is 0. The van der Waals surface area contributed by atoms with Gasteiger partial charge in [0.15, 0.2) is 0 Å². The second-order valence-electron chi connectivity index (χ2n) is 3.34. The lowest BCUT2D eigenvalue weighted by Gasteiger charge is -2.03. The van der Waals surface area contributed by atoms with Crippen molar-refractivity contribution in [1.82, 2.24) is 4.98 Å². The normalized spacial score (nSPS) is 10.5. The molecule has 1 aromatic carbocycles. The van der Waals surface area contributed by atoms with Gasteiger partial charge in [-0.2, -0.15) is 0 Å². The molecule has 0 saturated carbocycles. The first kappa shape index (κ1) is 12.3. The number of thioether (sulfide) groups is 1. The summed E-state index contributed by atoms with van der Waals surface area (Å²) in [6, 6.07) is 6.87. The Bertz CT molecular complexity index is 516. The minimum absolute atomic E-state index is 0.326. The van der Waals surface area contributed by atoms with Gasteiger partial charge in [-0.15, -0.1) is 11.8 Å². The highest BCUT2D eigenvalue weighted by Gasteiger charge is 2.05. The van der Waals surface area contributed by atoms with Crippen molar-refractivity contribution in [2.45, 2.75) is 10.8 Å². The lowest BCUT2D eigenvalue weighted by atomic mass is 10.2. The van der Waals surface area contributed by atoms with Crippen LogP contribution >= 0.6 is 23.4 Å². The van der Waals surface area contributed by atoms with Crippen LogP contribution in [0.2, 0.25) is 5.02 Å². The third kappa shape index (κ3) is 3.41. The van der Waals surface area contributed by atoms with Crippen LogP contribution in [0.15, 0.2) is 41.6 Å². The number of aromatic nitrogens is 1. The highest BCUT2D eigenvalue weighted by atomic mass is 35.5. The maximum Gasteiger partial charge on any atom is 0.127 e. The van der Waals surface area contributed by atoms with E-state index in [0.717, 1.165) is 17.2 Å². The van der Waals surface area contributed by atoms with Crippen LogP contribution in [0.1, 0.15) is 5.56 Å². The predicted molar refractivity (Wildman–Crippen MR) is 65.2 cm³/mol. The fourth-order valence-corrected chi connectivity index (χ4v) is 2.18. The molecular formula is C12H8ClF2NS. The highest BCUT2D eigenvalue weighted by molar-refractivity contribution is 7.98. The number of halogens is 3. The molecule has 0 atom stereocenters. The van der Waals surface area contributed by atoms with E-state index in [0.29, 0.717) is 16.3 Å². The third-order valence-electron chi connectivity index (χ3n) is 2.08. The molecule has 0 spiro atoms. The Hall–Kier alpha value is -1.13. The molecule has 5 heteroatoms. The minimum atomic E-state index is -0.439. The van der Waals surface area contributed by atoms with E-state index >= 15 is 0 Å². The van der Waals surface area contributed by atoms with Crippen LogP contribution in [0.5, 0.6) is 0 Å². The molecule has 0 aliphatic rings. The summed E-state index contributed by atoms with van der Waals surface area (Å²) in [6.07, 6.45) is 1.52. The SMILES string of the molecule is Fc1ccc(F)c(CSc2ccc(Cl)cn2)c1. The molecule has 0 bridgehead atoms. The summed E-state index contributed by atoms with van der Waals surface area (Å²) in [6.45, 7) is 0. The zero-order chi connectivity index (χ0) is 12.3. The molecule has 0 fully saturated rings. The Balaban J connectivity index is 2.07. The van der Waals surface area contributed by atoms with E-state index in [-0.39, 0.29) is 0 Å². The van der Waals surface area contributed by atoms with E-state index in [4.69, 9.17) is 11.6 Å². The van der Waals surface area contributed by atoms with Crippen molar-refractivity contribution in [1.29, 1.82) is 0 Å². The van der Waals surface area contributed by atoms with Gasteiger partial charge in [-0.25, -0.2) is 13.8 Å². The van der Waals surface area contributed by atoms with Crippen molar-refractivity contribution in [2.24, 2.45) is 0 Å². The van der Waals surface area contributed by atoms with Gasteiger partial charge in [0, 0.05) is 17.5 Å². The Morgan fingerprint density at radius 3 is 2.71 bits per heavy atom. The van der Waals surface area contributed by atoms with Crippen molar-refractivity contribution in [3.05, 3.63) is 58.7 Å². The largest absolute Gasteiger partial charge is 0.248 e. The van der Waals surface area contributed by atoms with Gasteiger partial charge in [0.25, 0.3) is 0 Å². The van der Waals surface area contributed by atoms with Crippen molar-refractivity contribution in [2.75, 3.05) is 0 Å². The number of benzene rings is 1. The van der Waals surface area contributed by atoms with Gasteiger partial charge in [0.2, 0.25) is 0 Å². The second kappa shape index (κ2) is 5.47. The Morgan fingerprint density at radius 1 is 1.18 bits per heavy atom. The summed E-state index contributed by atoms with van der Waals surface area (Å²) in [5, 5.41) is 1.27. The lowest BCUT2D eigenvalue weighted by Crippen LogP contribution is -1.90. The molecule has 1 aromatic heterocycles. The summed E-state index contributed by atoms with van der Waals surface area (Å²) >= 11 is 7.02. The number of pyridine rings is 1. The van der Waals surface area contributed by atoms with Gasteiger partial charge < -0.3 is 0 Å². The quantitative estimate of drug-likeness (QED) is 0.772. The van der Waals surface area contributed by atoms with Crippen molar-refractivity contribution < 1.29 is 8.78 Å². The zero-order valence-corrected chi connectivity index (χ0v) is 10.2. The van der Waals surface area contributed by atoms with E-state index in [1.54, 1.807) is 12.1 Å². The molecule has 0 unspecified atom stereocenters. The Kier molecular flexibility index (Phi) is 3.97. The fourth-order valence-electron chi connectivity index (χ4n) is 1.25. The average Bonchev–Trinajstić information content (AvgIpc) is 2.32. The van der Waals surface area contributed by atoms with Crippen molar-refractivity contribution in [3.8, 4) is 0 Å². The molecule has 1 heterocycles. The van der Waals surface area contributed by atoms with E-state index in [9.17, 15) is 8.78 Å². The van der Waals surface area contributed by atoms with Gasteiger partial charge in [-0.3, -0.25) is 0 Å². The smallest absolute Gasteiger partial charge is 0.127 e. The second-order valence-corrected chi connectivity index (χ2v) is 4.77. The van der Waals surface area contributed by atoms with Gasteiger partial charge in [-0.05, 0) is 30.3 Å². The first-order valence-electron chi connectivity index (χ1n) is 4.83. The third-order valence-corrected chi connectivity index (χ3v) is 3.30. The van der Waals surface area contributed by atoms with E-state index in [1.807, 2.05) is 0 Å². The molecule has 17 heavy (non-hydrogen) atoms. The molecular weight excluding hydrogens is 264 g/mol. The van der Waals surface area contributed by atoms with Gasteiger partial charge in [0.05, 0.1) is 10.0 Å². The van der Waals surface area contributed by atoms with Crippen LogP contribution < -0.4 is 0 Å². The van der Waals surface area contributed by atoms with E-state index in [1.165, 1.54) is 24.0 Å². The van der Waals surface area contributed by atoms with Crippen LogP contribution in [-0.4, -0.2) is 4.98 Å². The summed E-state index contributed by atoms with van der Waals surface area (Å²) in [7, 11) is 0. The molecule has 0 amide bonds. The monoisotopic (exact) mass is 271 g/mol. The number of nitrogens with zero attached hydrogens (tertiary/aromatic N) is 1. The van der Waals surface area contributed by atoms with Crippen LogP contribution in [-0.2, 0) is 5.75 Å². The molecule has 2 aromatic rings. The summed E-state index contributed by atoms with van der Waals surface area (Å²) in [4.78, 5) is 4.06. The zero-order valence-electron chi connectivity index (χ0n) is 8.66. The standard InChI is InChI=1S/C12H8ClF2NS/c13-9-1-4-12(16-6-9)17-7-8-5-10(14)2-3-11(8)15/h1-6H,7H2. The first-order chi connectivity index (χ1) is 8.15. The molecule has 2 rings (SSSR count). The molecule has 0 radical (unpaired) electrons. The topological polar surface area (TPSA) is 12.9 Å². The lowest BCUT2D eigenvalue weighted by molar-refractivity contribution is 0.591. The molecule has 0 N–H and O–H groups in total. The predicted octanol–water partition coefficient (Wildman–Crippen LogP) is 4.31. The molecule has 1 nitrogen and oxygen atoms in total. The van der Waals surface area contributed by atoms with Crippen LogP contribution in [0.4, 0.5) is 8.78 Å². The maximum absolute atomic E-state index is 13.3. The summed E-state index contributed by atoms with van der Waals surface area (Å²) < 4.78 is 26.2. The van der Waals surface area contributed by atoms with Crippen molar-refractivity contribution >= 4 is 23.4 Å². The number of rotatable bonds is 3. The number of hydrogen-bond acceptors (Lipinski definition) is 2. The minimum Gasteiger partial charge on any atom is -0.248 e. The molecule has 0 aliphatic heterocycles. The molecule has 0 saturated heterocycles. The molecule has 0 aliphatic carbocycles. The van der Waals surface area contributed by atoms with E-state index in [2.05, 4.69) is 4.98 Å². The van der Waals surface area contributed by atoms with E-state index < -0.39 is 11.6 Å². The highest BCUT2D eigenvalue weighted by Crippen LogP contribution is 2.23. The van der Waals surface area contributed by atoms with Gasteiger partial charge in [-0.1, -0.05) is 11.6 Å². The first-order valence-corrected chi connectivity index (χ1v) is 6.20. The summed E-state index contributed by atoms with van der Waals surface area (Å²) in [5.74, 6) is -0.517. The van der Waals surface area contributed by atoms with Gasteiger partial charge >= 0.3 is 0 Å². The molecule has 88 valence electrons. The van der Waals surface area contributed by atoms with Crippen LogP contribution in [0, 0.1) is 11.6 Å². The average molecular weight is 272 g/mol. The Morgan fingerprint density at radius 2 is 2.00 bits per heavy atom. The maximum atomic E-state index is 13.3. The fraction of sp³-hybridized carbons (Fsp3) is 0.0833. The van der Waals surface area contributed by atoms with Crippen LogP contribution in [0.25, 0.3) is 0 Å². The van der Waals surface area contributed by atoms with Gasteiger partial charge in [0.1, 0.15) is 11.6 Å². The summed E-state index contributed by atoms with van der Waals surface area (Å²) in [5.41, 5.74) is 0.326.